The molecule has 1 heterocycles. The number of rotatable bonds is 3. The van der Waals surface area contributed by atoms with Crippen molar-refractivity contribution in [2.24, 2.45) is 0 Å². The van der Waals surface area contributed by atoms with Gasteiger partial charge in [0, 0.05) is 6.04 Å². The van der Waals surface area contributed by atoms with Gasteiger partial charge in [0.2, 0.25) is 0 Å². The molecule has 0 aromatic rings. The molecule has 0 aromatic carbocycles. The number of methoxy groups -OCH3 is 1. The van der Waals surface area contributed by atoms with Crippen LogP contribution in [0, 0.1) is 0 Å². The Kier molecular flexibility index (Phi) is 4.94. The monoisotopic (exact) mass is 199 g/mol. The van der Waals surface area contributed by atoms with Gasteiger partial charge in [0.05, 0.1) is 7.11 Å². The minimum Gasteiger partial charge on any atom is -0.468 e. The molecule has 0 radical (unpaired) electrons. The van der Waals surface area contributed by atoms with Crippen LogP contribution in [-0.2, 0) is 9.53 Å². The quantitative estimate of drug-likeness (QED) is 0.705. The van der Waals surface area contributed by atoms with Gasteiger partial charge in [0.1, 0.15) is 6.04 Å². The second kappa shape index (κ2) is 6.02. The van der Waals surface area contributed by atoms with E-state index in [2.05, 4.69) is 12.2 Å². The highest BCUT2D eigenvalue weighted by Crippen LogP contribution is 2.16. The lowest BCUT2D eigenvalue weighted by molar-refractivity contribution is -0.143. The molecule has 1 rings (SSSR count). The molecule has 1 saturated heterocycles. The zero-order valence-electron chi connectivity index (χ0n) is 9.21. The second-order valence-corrected chi connectivity index (χ2v) is 4.01. The van der Waals surface area contributed by atoms with E-state index in [0.717, 1.165) is 19.3 Å². The zero-order chi connectivity index (χ0) is 10.4. The summed E-state index contributed by atoms with van der Waals surface area (Å²) in [5.74, 6) is -0.104. The zero-order valence-corrected chi connectivity index (χ0v) is 9.21. The smallest absolute Gasteiger partial charge is 0.322 e. The molecule has 1 aliphatic rings. The highest BCUT2D eigenvalue weighted by atomic mass is 16.5. The number of carbonyl (C=O) groups is 1. The summed E-state index contributed by atoms with van der Waals surface area (Å²) >= 11 is 0. The van der Waals surface area contributed by atoms with Gasteiger partial charge in [0.25, 0.3) is 0 Å². The van der Waals surface area contributed by atoms with Gasteiger partial charge in [0.15, 0.2) is 0 Å². The van der Waals surface area contributed by atoms with Crippen LogP contribution in [0.4, 0.5) is 0 Å². The molecule has 0 aromatic heterocycles. The van der Waals surface area contributed by atoms with Gasteiger partial charge in [-0.3, -0.25) is 4.79 Å². The first-order valence-corrected chi connectivity index (χ1v) is 5.61. The molecule has 1 N–H and O–H groups in total. The van der Waals surface area contributed by atoms with Crippen molar-refractivity contribution in [2.75, 3.05) is 7.11 Å². The van der Waals surface area contributed by atoms with E-state index in [1.54, 1.807) is 0 Å². The molecule has 1 fully saturated rings. The van der Waals surface area contributed by atoms with E-state index in [9.17, 15) is 4.79 Å². The van der Waals surface area contributed by atoms with Crippen LogP contribution in [0.25, 0.3) is 0 Å². The van der Waals surface area contributed by atoms with Gasteiger partial charge < -0.3 is 10.1 Å². The third-order valence-corrected chi connectivity index (χ3v) is 2.86. The Morgan fingerprint density at radius 2 is 2.14 bits per heavy atom. The molecule has 0 saturated carbocycles. The number of hydrogen-bond donors (Lipinski definition) is 1. The molecule has 3 heteroatoms. The summed E-state index contributed by atoms with van der Waals surface area (Å²) in [5.41, 5.74) is 0. The van der Waals surface area contributed by atoms with Crippen molar-refractivity contribution in [1.29, 1.82) is 0 Å². The van der Waals surface area contributed by atoms with Crippen LogP contribution >= 0.6 is 0 Å². The Morgan fingerprint density at radius 1 is 1.43 bits per heavy atom. The van der Waals surface area contributed by atoms with Gasteiger partial charge in [-0.15, -0.1) is 0 Å². The molecule has 3 nitrogen and oxygen atoms in total. The van der Waals surface area contributed by atoms with E-state index in [0.29, 0.717) is 6.04 Å². The van der Waals surface area contributed by atoms with Crippen LogP contribution < -0.4 is 5.32 Å². The SMILES string of the molecule is CCC[C@@H]1CCCC[C@H](C(=O)OC)N1. The molecule has 0 unspecified atom stereocenters. The summed E-state index contributed by atoms with van der Waals surface area (Å²) in [6.07, 6.45) is 6.81. The van der Waals surface area contributed by atoms with Crippen LogP contribution in [0.15, 0.2) is 0 Å². The first-order chi connectivity index (χ1) is 6.77. The van der Waals surface area contributed by atoms with E-state index in [1.165, 1.54) is 26.4 Å². The summed E-state index contributed by atoms with van der Waals surface area (Å²) in [7, 11) is 1.46. The highest BCUT2D eigenvalue weighted by molar-refractivity contribution is 5.75. The van der Waals surface area contributed by atoms with Gasteiger partial charge in [-0.2, -0.15) is 0 Å². The molecule has 14 heavy (non-hydrogen) atoms. The molecular formula is C11H21NO2. The second-order valence-electron chi connectivity index (χ2n) is 4.01. The van der Waals surface area contributed by atoms with Gasteiger partial charge in [-0.25, -0.2) is 0 Å². The predicted octanol–water partition coefficient (Wildman–Crippen LogP) is 1.86. The van der Waals surface area contributed by atoms with Crippen LogP contribution in [-0.4, -0.2) is 25.2 Å². The Hall–Kier alpha value is -0.570. The number of ether oxygens (including phenoxy) is 1. The van der Waals surface area contributed by atoms with Crippen molar-refractivity contribution >= 4 is 5.97 Å². The first kappa shape index (κ1) is 11.5. The van der Waals surface area contributed by atoms with Crippen LogP contribution in [0.2, 0.25) is 0 Å². The van der Waals surface area contributed by atoms with E-state index in [-0.39, 0.29) is 12.0 Å². The number of esters is 1. The van der Waals surface area contributed by atoms with Crippen molar-refractivity contribution in [3.05, 3.63) is 0 Å². The average Bonchev–Trinajstić information content (AvgIpc) is 2.43. The maximum absolute atomic E-state index is 11.4. The molecule has 1 aliphatic heterocycles. The largest absolute Gasteiger partial charge is 0.468 e. The lowest BCUT2D eigenvalue weighted by Gasteiger charge is -2.20. The molecular weight excluding hydrogens is 178 g/mol. The van der Waals surface area contributed by atoms with Gasteiger partial charge in [-0.1, -0.05) is 26.2 Å². The lowest BCUT2D eigenvalue weighted by Crippen LogP contribution is -2.42. The fourth-order valence-electron chi connectivity index (χ4n) is 2.09. The van der Waals surface area contributed by atoms with Crippen molar-refractivity contribution in [3.63, 3.8) is 0 Å². The fourth-order valence-corrected chi connectivity index (χ4v) is 2.09. The summed E-state index contributed by atoms with van der Waals surface area (Å²) < 4.78 is 4.77. The van der Waals surface area contributed by atoms with Gasteiger partial charge in [-0.05, 0) is 19.3 Å². The first-order valence-electron chi connectivity index (χ1n) is 5.61. The normalized spacial score (nSPS) is 28.1. The molecule has 0 spiro atoms. The summed E-state index contributed by atoms with van der Waals surface area (Å²) in [4.78, 5) is 11.4. The number of hydrogen-bond acceptors (Lipinski definition) is 3. The minimum absolute atomic E-state index is 0.0703. The Labute approximate surface area is 86.2 Å². The minimum atomic E-state index is -0.104. The third kappa shape index (κ3) is 3.29. The van der Waals surface area contributed by atoms with Crippen molar-refractivity contribution in [3.8, 4) is 0 Å². The van der Waals surface area contributed by atoms with Crippen molar-refractivity contribution in [2.45, 2.75) is 57.5 Å². The standard InChI is InChI=1S/C11H21NO2/c1-3-6-9-7-4-5-8-10(12-9)11(13)14-2/h9-10,12H,3-8H2,1-2H3/t9-,10-/m1/s1. The Morgan fingerprint density at radius 3 is 2.79 bits per heavy atom. The van der Waals surface area contributed by atoms with Crippen LogP contribution in [0.5, 0.6) is 0 Å². The van der Waals surface area contributed by atoms with E-state index in [1.807, 2.05) is 0 Å². The summed E-state index contributed by atoms with van der Waals surface area (Å²) in [5, 5.41) is 3.39. The van der Waals surface area contributed by atoms with Gasteiger partial charge >= 0.3 is 5.97 Å². The predicted molar refractivity (Wildman–Crippen MR) is 56.1 cm³/mol. The maximum atomic E-state index is 11.4. The molecule has 0 bridgehead atoms. The van der Waals surface area contributed by atoms with Crippen LogP contribution in [0.3, 0.4) is 0 Å². The van der Waals surface area contributed by atoms with E-state index < -0.39 is 0 Å². The van der Waals surface area contributed by atoms with Crippen molar-refractivity contribution < 1.29 is 9.53 Å². The summed E-state index contributed by atoms with van der Waals surface area (Å²) in [6, 6.07) is 0.436. The molecule has 0 amide bonds. The third-order valence-electron chi connectivity index (χ3n) is 2.86. The highest BCUT2D eigenvalue weighted by Gasteiger charge is 2.24. The Balaban J connectivity index is 2.46. The number of carbonyl (C=O) groups excluding carboxylic acids is 1. The van der Waals surface area contributed by atoms with Crippen LogP contribution in [0.1, 0.15) is 45.4 Å². The molecule has 82 valence electrons. The average molecular weight is 199 g/mol. The lowest BCUT2D eigenvalue weighted by atomic mass is 10.1. The number of nitrogens with one attached hydrogen (secondary N) is 1. The Bertz CT molecular complexity index is 182. The van der Waals surface area contributed by atoms with E-state index in [4.69, 9.17) is 4.74 Å². The topological polar surface area (TPSA) is 38.3 Å². The summed E-state index contributed by atoms with van der Waals surface area (Å²) in [6.45, 7) is 2.18. The molecule has 0 aliphatic carbocycles. The maximum Gasteiger partial charge on any atom is 0.322 e. The van der Waals surface area contributed by atoms with Crippen molar-refractivity contribution in [1.82, 2.24) is 5.32 Å². The molecule has 2 atom stereocenters. The van der Waals surface area contributed by atoms with E-state index >= 15 is 0 Å². The fraction of sp³-hybridized carbons (Fsp3) is 0.909.